The Kier molecular flexibility index (Phi) is 2.42. The number of sulfonamides is 2. The Morgan fingerprint density at radius 2 is 1.20 bits per heavy atom. The van der Waals surface area contributed by atoms with Gasteiger partial charge in [-0.15, -0.1) is 3.62 Å². The zero-order chi connectivity index (χ0) is 12.3. The molecule has 0 spiro atoms. The van der Waals surface area contributed by atoms with E-state index < -0.39 is 40.6 Å². The molecule has 0 saturated carbocycles. The van der Waals surface area contributed by atoms with Gasteiger partial charge >= 0.3 is 10.5 Å². The van der Waals surface area contributed by atoms with E-state index in [-0.39, 0.29) is 7.98 Å². The molecule has 0 amide bonds. The van der Waals surface area contributed by atoms with Crippen LogP contribution in [0, 0.1) is 0 Å². The van der Waals surface area contributed by atoms with E-state index in [2.05, 4.69) is 0 Å². The fourth-order valence-electron chi connectivity index (χ4n) is 0.927. The largest absolute Gasteiger partial charge is 0.366 e. The standard InChI is InChI=1S/C3H4BF4NO4S2/c4-9-14(10,11)2(5,6)1-3(7,8)15(9,12)13/h1,4H2. The van der Waals surface area contributed by atoms with Gasteiger partial charge in [0.05, 0.1) is 0 Å². The molecule has 1 saturated heterocycles. The van der Waals surface area contributed by atoms with Crippen molar-refractivity contribution in [2.45, 2.75) is 16.9 Å². The highest BCUT2D eigenvalue weighted by molar-refractivity contribution is 8.06. The minimum Gasteiger partial charge on any atom is -0.206 e. The third-order valence-corrected chi connectivity index (χ3v) is 6.17. The first kappa shape index (κ1) is 12.7. The summed E-state index contributed by atoms with van der Waals surface area (Å²) in [5.41, 5.74) is 0. The van der Waals surface area contributed by atoms with Crippen LogP contribution in [0.5, 0.6) is 0 Å². The highest BCUT2D eigenvalue weighted by atomic mass is 32.3. The van der Waals surface area contributed by atoms with E-state index in [4.69, 9.17) is 0 Å². The summed E-state index contributed by atoms with van der Waals surface area (Å²) < 4.78 is 93.0. The summed E-state index contributed by atoms with van der Waals surface area (Å²) in [7, 11) is -11.0. The average Bonchev–Trinajstić information content (AvgIpc) is 1.98. The van der Waals surface area contributed by atoms with Crippen molar-refractivity contribution in [2.75, 3.05) is 0 Å². The minimum absolute atomic E-state index is 0.144. The first-order valence-corrected chi connectivity index (χ1v) is 6.23. The molecular weight excluding hydrogens is 265 g/mol. The van der Waals surface area contributed by atoms with Crippen LogP contribution in [0.2, 0.25) is 0 Å². The van der Waals surface area contributed by atoms with Gasteiger partial charge in [-0.3, -0.25) is 0 Å². The summed E-state index contributed by atoms with van der Waals surface area (Å²) in [6.45, 7) is 0. The SMILES string of the molecule is BN1S(=O)(=O)C(F)(F)CC(F)(F)S1(=O)=O. The van der Waals surface area contributed by atoms with Crippen LogP contribution in [0.3, 0.4) is 0 Å². The molecule has 1 aliphatic rings. The van der Waals surface area contributed by atoms with Crippen LogP contribution in [0.4, 0.5) is 17.6 Å². The van der Waals surface area contributed by atoms with Gasteiger partial charge in [0.2, 0.25) is 7.98 Å². The van der Waals surface area contributed by atoms with Crippen LogP contribution in [-0.2, 0) is 20.0 Å². The van der Waals surface area contributed by atoms with Crippen LogP contribution < -0.4 is 0 Å². The third-order valence-electron chi connectivity index (χ3n) is 1.84. The fraction of sp³-hybridized carbons (Fsp3) is 1.00. The van der Waals surface area contributed by atoms with E-state index in [1.807, 2.05) is 0 Å². The Balaban J connectivity index is 3.52. The zero-order valence-corrected chi connectivity index (χ0v) is 8.75. The van der Waals surface area contributed by atoms with Crippen molar-refractivity contribution in [1.29, 1.82) is 0 Å². The molecule has 1 fully saturated rings. The molecule has 0 bridgehead atoms. The van der Waals surface area contributed by atoms with Crippen molar-refractivity contribution in [3.8, 4) is 0 Å². The maximum Gasteiger partial charge on any atom is 0.366 e. The average molecular weight is 269 g/mol. The predicted octanol–water partition coefficient (Wildman–Crippen LogP) is -0.915. The Morgan fingerprint density at radius 3 is 1.47 bits per heavy atom. The highest BCUT2D eigenvalue weighted by Gasteiger charge is 2.68. The maximum atomic E-state index is 12.7. The molecule has 0 aromatic rings. The van der Waals surface area contributed by atoms with Crippen molar-refractivity contribution in [2.24, 2.45) is 0 Å². The Morgan fingerprint density at radius 1 is 0.933 bits per heavy atom. The number of hydrogen-bond acceptors (Lipinski definition) is 4. The van der Waals surface area contributed by atoms with E-state index in [0.717, 1.165) is 0 Å². The number of hydrogen-bond donors (Lipinski definition) is 0. The fourth-order valence-corrected chi connectivity index (χ4v) is 4.19. The Labute approximate surface area is 83.6 Å². The van der Waals surface area contributed by atoms with Crippen LogP contribution in [0.1, 0.15) is 6.42 Å². The van der Waals surface area contributed by atoms with Crippen molar-refractivity contribution >= 4 is 28.0 Å². The summed E-state index contributed by atoms with van der Waals surface area (Å²) >= 11 is 0. The molecule has 0 radical (unpaired) electrons. The van der Waals surface area contributed by atoms with Gasteiger partial charge in [-0.25, -0.2) is 16.8 Å². The molecule has 0 unspecified atom stereocenters. The molecule has 5 nitrogen and oxygen atoms in total. The molecule has 0 atom stereocenters. The molecule has 1 heterocycles. The van der Waals surface area contributed by atoms with E-state index in [1.165, 1.54) is 0 Å². The lowest BCUT2D eigenvalue weighted by molar-refractivity contribution is -0.0242. The van der Waals surface area contributed by atoms with Crippen LogP contribution in [0.15, 0.2) is 0 Å². The predicted molar refractivity (Wildman–Crippen MR) is 42.7 cm³/mol. The second-order valence-corrected chi connectivity index (χ2v) is 7.26. The Hall–Kier alpha value is -0.355. The van der Waals surface area contributed by atoms with Crippen molar-refractivity contribution in [1.82, 2.24) is 3.62 Å². The van der Waals surface area contributed by atoms with Gasteiger partial charge in [-0.05, 0) is 0 Å². The lowest BCUT2D eigenvalue weighted by Gasteiger charge is -2.34. The molecular formula is C3H4BF4NO4S2. The smallest absolute Gasteiger partial charge is 0.206 e. The third kappa shape index (κ3) is 1.46. The van der Waals surface area contributed by atoms with E-state index in [1.54, 1.807) is 0 Å². The number of alkyl halides is 4. The minimum atomic E-state index is -5.59. The van der Waals surface area contributed by atoms with Gasteiger partial charge in [0.1, 0.15) is 6.42 Å². The lowest BCUT2D eigenvalue weighted by atomic mass is 10.4. The molecule has 0 aromatic carbocycles. The molecule has 1 aliphatic heterocycles. The monoisotopic (exact) mass is 269 g/mol. The van der Waals surface area contributed by atoms with Crippen LogP contribution >= 0.6 is 0 Å². The number of nitrogens with zero attached hydrogens (tertiary/aromatic N) is 1. The summed E-state index contributed by atoms with van der Waals surface area (Å²) in [5.74, 6) is 0. The molecule has 0 aromatic heterocycles. The summed E-state index contributed by atoms with van der Waals surface area (Å²) in [6.07, 6.45) is -2.56. The quantitative estimate of drug-likeness (QED) is 0.421. The molecule has 1 rings (SSSR count). The Bertz CT molecular complexity index is 440. The maximum absolute atomic E-state index is 12.7. The van der Waals surface area contributed by atoms with Crippen molar-refractivity contribution in [3.63, 3.8) is 0 Å². The van der Waals surface area contributed by atoms with Gasteiger partial charge in [-0.1, -0.05) is 0 Å². The van der Waals surface area contributed by atoms with Gasteiger partial charge in [0.15, 0.2) is 0 Å². The summed E-state index contributed by atoms with van der Waals surface area (Å²) in [5, 5.41) is -9.59. The van der Waals surface area contributed by atoms with Crippen LogP contribution in [-0.4, -0.2) is 38.9 Å². The molecule has 0 aliphatic carbocycles. The molecule has 15 heavy (non-hydrogen) atoms. The molecule has 88 valence electrons. The van der Waals surface area contributed by atoms with E-state index >= 15 is 0 Å². The summed E-state index contributed by atoms with van der Waals surface area (Å²) in [4.78, 5) is 0. The second kappa shape index (κ2) is 2.85. The second-order valence-electron chi connectivity index (χ2n) is 2.84. The van der Waals surface area contributed by atoms with E-state index in [9.17, 15) is 34.4 Å². The zero-order valence-electron chi connectivity index (χ0n) is 7.12. The van der Waals surface area contributed by atoms with Gasteiger partial charge in [0, 0.05) is 0 Å². The van der Waals surface area contributed by atoms with E-state index in [0.29, 0.717) is 0 Å². The summed E-state index contributed by atoms with van der Waals surface area (Å²) in [6, 6.07) is 0. The van der Waals surface area contributed by atoms with Gasteiger partial charge in [0.25, 0.3) is 20.0 Å². The topological polar surface area (TPSA) is 71.5 Å². The first-order valence-electron chi connectivity index (χ1n) is 3.35. The van der Waals surface area contributed by atoms with Gasteiger partial charge < -0.3 is 0 Å². The lowest BCUT2D eigenvalue weighted by Crippen LogP contribution is -2.58. The normalized spacial score (nSPS) is 32.3. The molecule has 0 N–H and O–H groups in total. The van der Waals surface area contributed by atoms with Gasteiger partial charge in [-0.2, -0.15) is 17.6 Å². The first-order chi connectivity index (χ1) is 6.36. The number of halogens is 4. The van der Waals surface area contributed by atoms with Crippen molar-refractivity contribution < 1.29 is 34.4 Å². The highest BCUT2D eigenvalue weighted by Crippen LogP contribution is 2.45. The number of rotatable bonds is 0. The van der Waals surface area contributed by atoms with Crippen LogP contribution in [0.25, 0.3) is 0 Å². The van der Waals surface area contributed by atoms with Crippen molar-refractivity contribution in [3.05, 3.63) is 0 Å². The molecule has 12 heteroatoms.